The van der Waals surface area contributed by atoms with Gasteiger partial charge in [0.25, 0.3) is 0 Å². The zero-order chi connectivity index (χ0) is 17.0. The van der Waals surface area contributed by atoms with Gasteiger partial charge in [0.2, 0.25) is 0 Å². The van der Waals surface area contributed by atoms with E-state index >= 15 is 0 Å². The summed E-state index contributed by atoms with van der Waals surface area (Å²) < 4.78 is 22.9. The van der Waals surface area contributed by atoms with Crippen LogP contribution in [0.25, 0.3) is 0 Å². The maximum absolute atomic E-state index is 6.09. The summed E-state index contributed by atoms with van der Waals surface area (Å²) in [5.41, 5.74) is 0.381. The summed E-state index contributed by atoms with van der Waals surface area (Å²) in [5.74, 6) is 1.74. The summed E-state index contributed by atoms with van der Waals surface area (Å²) >= 11 is 0. The van der Waals surface area contributed by atoms with Gasteiger partial charge in [-0.15, -0.1) is 0 Å². The highest BCUT2D eigenvalue weighted by molar-refractivity contribution is 4.99. The third-order valence-electron chi connectivity index (χ3n) is 6.16. The lowest BCUT2D eigenvalue weighted by Crippen LogP contribution is -2.40. The summed E-state index contributed by atoms with van der Waals surface area (Å²) in [6, 6.07) is 4.03. The molecule has 0 radical (unpaired) electrons. The molecule has 0 N–H and O–H groups in total. The molecule has 0 aliphatic carbocycles. The van der Waals surface area contributed by atoms with Gasteiger partial charge in [-0.3, -0.25) is 4.90 Å². The molecule has 25 heavy (non-hydrogen) atoms. The molecule has 0 unspecified atom stereocenters. The number of hydrogen-bond donors (Lipinski definition) is 0. The SMILES string of the molecule is c1coc(CN2CCC3(CC2)CO[C@@H](COCC2CCOCC2)C3)c1. The van der Waals surface area contributed by atoms with Crippen molar-refractivity contribution in [3.8, 4) is 0 Å². The van der Waals surface area contributed by atoms with Gasteiger partial charge in [0.05, 0.1) is 32.1 Å². The monoisotopic (exact) mass is 349 g/mol. The van der Waals surface area contributed by atoms with Crippen molar-refractivity contribution in [2.45, 2.75) is 44.8 Å². The van der Waals surface area contributed by atoms with Gasteiger partial charge in [-0.2, -0.15) is 0 Å². The fourth-order valence-electron chi connectivity index (χ4n) is 4.44. The Bertz CT molecular complexity index is 504. The smallest absolute Gasteiger partial charge is 0.117 e. The molecule has 0 amide bonds. The first-order chi connectivity index (χ1) is 12.3. The van der Waals surface area contributed by atoms with E-state index in [-0.39, 0.29) is 6.10 Å². The molecule has 5 nitrogen and oxygen atoms in total. The van der Waals surface area contributed by atoms with Crippen LogP contribution in [0.15, 0.2) is 22.8 Å². The zero-order valence-electron chi connectivity index (χ0n) is 15.2. The van der Waals surface area contributed by atoms with Crippen LogP contribution in [-0.2, 0) is 20.8 Å². The molecule has 4 rings (SSSR count). The van der Waals surface area contributed by atoms with E-state index in [1.807, 2.05) is 6.07 Å². The molecule has 0 bridgehead atoms. The third kappa shape index (κ3) is 4.64. The molecule has 3 aliphatic heterocycles. The average molecular weight is 349 g/mol. The Morgan fingerprint density at radius 1 is 1.16 bits per heavy atom. The molecular formula is C20H31NO4. The molecule has 1 atom stereocenters. The highest BCUT2D eigenvalue weighted by Crippen LogP contribution is 2.42. The molecular weight excluding hydrogens is 318 g/mol. The Labute approximate surface area is 150 Å². The summed E-state index contributed by atoms with van der Waals surface area (Å²) in [5, 5.41) is 0. The second-order valence-corrected chi connectivity index (χ2v) is 8.09. The van der Waals surface area contributed by atoms with E-state index in [0.717, 1.165) is 77.7 Å². The van der Waals surface area contributed by atoms with Crippen LogP contribution in [0.5, 0.6) is 0 Å². The molecule has 0 aromatic carbocycles. The van der Waals surface area contributed by atoms with E-state index in [1.165, 1.54) is 12.8 Å². The molecule has 3 aliphatic rings. The van der Waals surface area contributed by atoms with Gasteiger partial charge in [-0.05, 0) is 68.7 Å². The maximum Gasteiger partial charge on any atom is 0.117 e. The number of rotatable bonds is 6. The molecule has 3 fully saturated rings. The number of nitrogens with zero attached hydrogens (tertiary/aromatic N) is 1. The first kappa shape index (κ1) is 17.5. The van der Waals surface area contributed by atoms with Crippen LogP contribution in [0, 0.1) is 11.3 Å². The van der Waals surface area contributed by atoms with Crippen molar-refractivity contribution in [3.05, 3.63) is 24.2 Å². The first-order valence-corrected chi connectivity index (χ1v) is 9.83. The summed E-state index contributed by atoms with van der Waals surface area (Å²) in [4.78, 5) is 2.50. The van der Waals surface area contributed by atoms with Gasteiger partial charge >= 0.3 is 0 Å². The van der Waals surface area contributed by atoms with Crippen molar-refractivity contribution < 1.29 is 18.6 Å². The zero-order valence-corrected chi connectivity index (χ0v) is 15.2. The van der Waals surface area contributed by atoms with E-state index in [2.05, 4.69) is 11.0 Å². The van der Waals surface area contributed by atoms with Gasteiger partial charge < -0.3 is 18.6 Å². The van der Waals surface area contributed by atoms with E-state index in [0.29, 0.717) is 11.3 Å². The topological polar surface area (TPSA) is 44.1 Å². The van der Waals surface area contributed by atoms with Crippen molar-refractivity contribution >= 4 is 0 Å². The van der Waals surface area contributed by atoms with Gasteiger partial charge in [-0.1, -0.05) is 0 Å². The Hall–Kier alpha value is -0.880. The Kier molecular flexibility index (Phi) is 5.76. The van der Waals surface area contributed by atoms with Crippen LogP contribution in [0.3, 0.4) is 0 Å². The van der Waals surface area contributed by atoms with Crippen LogP contribution in [-0.4, -0.2) is 57.1 Å². The maximum atomic E-state index is 6.09. The van der Waals surface area contributed by atoms with Crippen LogP contribution >= 0.6 is 0 Å². The normalized spacial score (nSPS) is 27.9. The lowest BCUT2D eigenvalue weighted by molar-refractivity contribution is -0.0183. The molecule has 1 aromatic heterocycles. The summed E-state index contributed by atoms with van der Waals surface area (Å²) in [6.07, 6.45) is 7.94. The molecule has 1 spiro atoms. The van der Waals surface area contributed by atoms with E-state index < -0.39 is 0 Å². The average Bonchev–Trinajstić information content (AvgIpc) is 3.29. The molecule has 140 valence electrons. The molecule has 0 saturated carbocycles. The number of hydrogen-bond acceptors (Lipinski definition) is 5. The number of ether oxygens (including phenoxy) is 3. The molecule has 5 heteroatoms. The fraction of sp³-hybridized carbons (Fsp3) is 0.800. The van der Waals surface area contributed by atoms with Crippen molar-refractivity contribution in [1.82, 2.24) is 4.90 Å². The van der Waals surface area contributed by atoms with E-state index in [1.54, 1.807) is 6.26 Å². The number of furan rings is 1. The highest BCUT2D eigenvalue weighted by atomic mass is 16.5. The van der Waals surface area contributed by atoms with Gasteiger partial charge in [0, 0.05) is 19.8 Å². The van der Waals surface area contributed by atoms with Gasteiger partial charge in [0.1, 0.15) is 5.76 Å². The molecule has 3 saturated heterocycles. The van der Waals surface area contributed by atoms with Gasteiger partial charge in [-0.25, -0.2) is 0 Å². The Balaban J connectivity index is 1.16. The second kappa shape index (κ2) is 8.21. The second-order valence-electron chi connectivity index (χ2n) is 8.09. The minimum absolute atomic E-state index is 0.288. The summed E-state index contributed by atoms with van der Waals surface area (Å²) in [6.45, 7) is 7.54. The van der Waals surface area contributed by atoms with E-state index in [9.17, 15) is 0 Å². The minimum Gasteiger partial charge on any atom is -0.468 e. The molecule has 1 aromatic rings. The standard InChI is InChI=1S/C20H31NO4/c1-2-18(24-9-1)13-21-7-5-20(6-8-21)12-19(25-16-20)15-23-14-17-3-10-22-11-4-17/h1-2,9,17,19H,3-8,10-16H2/t19-/m1/s1. The fourth-order valence-corrected chi connectivity index (χ4v) is 4.44. The number of likely N-dealkylation sites (tertiary alicyclic amines) is 1. The lowest BCUT2D eigenvalue weighted by atomic mass is 9.76. The predicted octanol–water partition coefficient (Wildman–Crippen LogP) is 3.09. The van der Waals surface area contributed by atoms with Gasteiger partial charge in [0.15, 0.2) is 0 Å². The van der Waals surface area contributed by atoms with Crippen molar-refractivity contribution in [3.63, 3.8) is 0 Å². The first-order valence-electron chi connectivity index (χ1n) is 9.83. The Morgan fingerprint density at radius 3 is 2.76 bits per heavy atom. The van der Waals surface area contributed by atoms with Crippen molar-refractivity contribution in [2.75, 3.05) is 46.1 Å². The third-order valence-corrected chi connectivity index (χ3v) is 6.16. The minimum atomic E-state index is 0.288. The predicted molar refractivity (Wildman–Crippen MR) is 94.4 cm³/mol. The number of piperidine rings is 1. The van der Waals surface area contributed by atoms with Crippen LogP contribution < -0.4 is 0 Å². The lowest BCUT2D eigenvalue weighted by Gasteiger charge is -2.38. The van der Waals surface area contributed by atoms with Crippen molar-refractivity contribution in [1.29, 1.82) is 0 Å². The van der Waals surface area contributed by atoms with Crippen LogP contribution in [0.1, 0.15) is 37.9 Å². The molecule has 4 heterocycles. The summed E-state index contributed by atoms with van der Waals surface area (Å²) in [7, 11) is 0. The van der Waals surface area contributed by atoms with Crippen LogP contribution in [0.4, 0.5) is 0 Å². The highest BCUT2D eigenvalue weighted by Gasteiger charge is 2.42. The Morgan fingerprint density at radius 2 is 2.00 bits per heavy atom. The van der Waals surface area contributed by atoms with Crippen molar-refractivity contribution in [2.24, 2.45) is 11.3 Å². The van der Waals surface area contributed by atoms with E-state index in [4.69, 9.17) is 18.6 Å². The largest absolute Gasteiger partial charge is 0.468 e. The van der Waals surface area contributed by atoms with Crippen LogP contribution in [0.2, 0.25) is 0 Å². The quantitative estimate of drug-likeness (QED) is 0.790.